The number of hydrazine groups is 1. The highest BCUT2D eigenvalue weighted by atomic mass is 32.2. The molecule has 1 amide bonds. The van der Waals surface area contributed by atoms with Gasteiger partial charge in [-0.3, -0.25) is 10.2 Å². The van der Waals surface area contributed by atoms with Crippen LogP contribution in [0.4, 0.5) is 5.69 Å². The number of nitrogens with one attached hydrogen (secondary N) is 2. The first-order chi connectivity index (χ1) is 24.7. The molecule has 2 atom stereocenters. The molecule has 0 saturated heterocycles. The Morgan fingerprint density at radius 1 is 0.980 bits per heavy atom. The van der Waals surface area contributed by atoms with Gasteiger partial charge in [0, 0.05) is 53.8 Å². The largest absolute Gasteiger partial charge is 0.497 e. The number of aliphatic imine (C=N–C) groups is 1. The van der Waals surface area contributed by atoms with Crippen molar-refractivity contribution < 1.29 is 37.3 Å². The quantitative estimate of drug-likeness (QED) is 0.0425. The minimum Gasteiger partial charge on any atom is -0.497 e. The molecule has 51 heavy (non-hydrogen) atoms. The Kier molecular flexibility index (Phi) is 12.1. The highest BCUT2D eigenvalue weighted by Gasteiger charge is 2.54. The average molecular weight is 715 g/mol. The van der Waals surface area contributed by atoms with Crippen LogP contribution in [-0.2, 0) is 25.9 Å². The smallest absolute Gasteiger partial charge is 0.266 e. The number of methoxy groups -OCH3 is 2. The Bertz CT molecular complexity index is 1980. The molecule has 4 aromatic rings. The number of rotatable bonds is 17. The van der Waals surface area contributed by atoms with Gasteiger partial charge in [0.1, 0.15) is 17.2 Å². The number of aliphatic hydroxyl groups excluding tert-OH is 1. The third-order valence-electron chi connectivity index (χ3n) is 8.16. The molecule has 266 valence electrons. The first-order valence-electron chi connectivity index (χ1n) is 16.0. The van der Waals surface area contributed by atoms with E-state index >= 15 is 0 Å². The fourth-order valence-corrected chi connectivity index (χ4v) is 6.92. The molecule has 0 bridgehead atoms. The van der Waals surface area contributed by atoms with Gasteiger partial charge < -0.3 is 24.1 Å². The van der Waals surface area contributed by atoms with Gasteiger partial charge in [0.05, 0.1) is 31.5 Å². The van der Waals surface area contributed by atoms with E-state index < -0.39 is 33.1 Å². The van der Waals surface area contributed by atoms with Crippen LogP contribution in [0.3, 0.4) is 0 Å². The lowest BCUT2D eigenvalue weighted by Crippen LogP contribution is -2.53. The summed E-state index contributed by atoms with van der Waals surface area (Å²) in [7, 11) is -0.831. The molecular weight excluding hydrogens is 676 g/mol. The molecule has 3 N–H and O–H groups in total. The Hall–Kier alpha value is -5.60. The third kappa shape index (κ3) is 8.77. The van der Waals surface area contributed by atoms with Gasteiger partial charge in [-0.2, -0.15) is 0 Å². The molecule has 1 aliphatic rings. The van der Waals surface area contributed by atoms with Crippen molar-refractivity contribution >= 4 is 27.3 Å². The normalized spacial score (nSPS) is 16.7. The average Bonchev–Trinajstić information content (AvgIpc) is 3.55. The van der Waals surface area contributed by atoms with Crippen LogP contribution in [-0.4, -0.2) is 64.1 Å². The maximum atomic E-state index is 14.5. The zero-order chi connectivity index (χ0) is 36.3. The second-order valence-corrected chi connectivity index (χ2v) is 13.6. The summed E-state index contributed by atoms with van der Waals surface area (Å²) in [6, 6.07) is 26.6. The van der Waals surface area contributed by atoms with Gasteiger partial charge in [-0.25, -0.2) is 18.8 Å². The third-order valence-corrected chi connectivity index (χ3v) is 9.89. The van der Waals surface area contributed by atoms with Crippen LogP contribution in [0.25, 0.3) is 10.4 Å². The summed E-state index contributed by atoms with van der Waals surface area (Å²) in [5, 5.41) is 12.9. The summed E-state index contributed by atoms with van der Waals surface area (Å²) in [4.78, 5) is 22.5. The molecular formula is C36H38N6O8S. The molecule has 4 aromatic carbocycles. The standard InChI is InChI=1S/C36H38N6O8S/c1-47-28-21-25(22-29(23-28)48-2)24-38-41-35(44)36(17-20-51(45,46)30-9-4-3-5-10-30)33(31-11-6-7-12-32(31)40-42-37)50-34(39-36)26-13-15-27(16-14-26)49-19-8-18-43/h3-7,9-16,21-23,33,38,43H,8,17-20,24H2,1-2H3,(H,41,44)/t33-,36-/m0/s1. The number of carbonyl (C=O) groups is 1. The van der Waals surface area contributed by atoms with Gasteiger partial charge in [-0.15, -0.1) is 0 Å². The van der Waals surface area contributed by atoms with Crippen LogP contribution in [0.5, 0.6) is 17.2 Å². The molecule has 0 unspecified atom stereocenters. The van der Waals surface area contributed by atoms with Gasteiger partial charge in [0.2, 0.25) is 5.90 Å². The Morgan fingerprint density at radius 3 is 2.33 bits per heavy atom. The Morgan fingerprint density at radius 2 is 1.67 bits per heavy atom. The molecule has 0 spiro atoms. The fourth-order valence-electron chi connectivity index (χ4n) is 5.53. The summed E-state index contributed by atoms with van der Waals surface area (Å²) in [6.45, 7) is 0.460. The summed E-state index contributed by atoms with van der Waals surface area (Å²) in [6.07, 6.45) is -1.04. The molecule has 0 radical (unpaired) electrons. The van der Waals surface area contributed by atoms with Crippen molar-refractivity contribution in [1.29, 1.82) is 0 Å². The van der Waals surface area contributed by atoms with Crippen molar-refractivity contribution in [2.24, 2.45) is 10.1 Å². The van der Waals surface area contributed by atoms with Gasteiger partial charge in [-0.1, -0.05) is 47.6 Å². The number of hydrogen-bond donors (Lipinski definition) is 3. The van der Waals surface area contributed by atoms with Gasteiger partial charge in [0.25, 0.3) is 5.91 Å². The van der Waals surface area contributed by atoms with Crippen LogP contribution in [0, 0.1) is 0 Å². The number of ether oxygens (including phenoxy) is 4. The Labute approximate surface area is 295 Å². The summed E-state index contributed by atoms with van der Waals surface area (Å²) >= 11 is 0. The summed E-state index contributed by atoms with van der Waals surface area (Å²) in [5.74, 6) is 0.585. The van der Waals surface area contributed by atoms with Crippen LogP contribution in [0.15, 0.2) is 112 Å². The number of benzene rings is 4. The zero-order valence-electron chi connectivity index (χ0n) is 28.1. The Balaban J connectivity index is 1.56. The van der Waals surface area contributed by atoms with E-state index in [-0.39, 0.29) is 36.1 Å². The first-order valence-corrected chi connectivity index (χ1v) is 17.7. The van der Waals surface area contributed by atoms with Gasteiger partial charge in [0.15, 0.2) is 21.5 Å². The zero-order valence-corrected chi connectivity index (χ0v) is 28.9. The van der Waals surface area contributed by atoms with Crippen LogP contribution in [0.2, 0.25) is 0 Å². The van der Waals surface area contributed by atoms with E-state index in [4.69, 9.17) is 29.0 Å². The topological polar surface area (TPSA) is 194 Å². The van der Waals surface area contributed by atoms with Crippen molar-refractivity contribution in [3.63, 3.8) is 0 Å². The number of amides is 1. The summed E-state index contributed by atoms with van der Waals surface area (Å²) < 4.78 is 50.1. The van der Waals surface area contributed by atoms with E-state index in [0.717, 1.165) is 5.56 Å². The summed E-state index contributed by atoms with van der Waals surface area (Å²) in [5.41, 5.74) is 14.9. The second kappa shape index (κ2) is 16.9. The lowest BCUT2D eigenvalue weighted by atomic mass is 9.84. The van der Waals surface area contributed by atoms with E-state index in [1.807, 2.05) is 0 Å². The highest BCUT2D eigenvalue weighted by molar-refractivity contribution is 7.91. The maximum Gasteiger partial charge on any atom is 0.266 e. The van der Waals surface area contributed by atoms with Gasteiger partial charge in [-0.05, 0) is 59.6 Å². The van der Waals surface area contributed by atoms with Crippen LogP contribution >= 0.6 is 0 Å². The van der Waals surface area contributed by atoms with E-state index in [9.17, 15) is 18.7 Å². The van der Waals surface area contributed by atoms with Crippen molar-refractivity contribution in [1.82, 2.24) is 10.9 Å². The van der Waals surface area contributed by atoms with Crippen molar-refractivity contribution in [3.05, 3.63) is 124 Å². The molecule has 14 nitrogen and oxygen atoms in total. The molecule has 0 aromatic heterocycles. The van der Waals surface area contributed by atoms with Crippen molar-refractivity contribution in [3.8, 4) is 17.2 Å². The molecule has 0 saturated carbocycles. The second-order valence-electron chi connectivity index (χ2n) is 11.4. The van der Waals surface area contributed by atoms with E-state index in [1.54, 1.807) is 84.9 Å². The van der Waals surface area contributed by atoms with Crippen LogP contribution < -0.4 is 25.1 Å². The molecule has 1 aliphatic heterocycles. The number of nitrogens with zero attached hydrogens (tertiary/aromatic N) is 4. The van der Waals surface area contributed by atoms with E-state index in [0.29, 0.717) is 41.4 Å². The fraction of sp³-hybridized carbons (Fsp3) is 0.278. The number of carbonyl (C=O) groups excluding carboxylic acids is 1. The number of aliphatic hydroxyl groups is 1. The molecule has 1 heterocycles. The predicted molar refractivity (Wildman–Crippen MR) is 190 cm³/mol. The van der Waals surface area contributed by atoms with E-state index in [2.05, 4.69) is 20.9 Å². The SMILES string of the molecule is COc1cc(CNNC(=O)[C@@]2(CCS(=O)(=O)c3ccccc3)N=C(c3ccc(OCCCO)cc3)O[C@H]2c2ccccc2N=[N+]=[N-])cc(OC)c1. The van der Waals surface area contributed by atoms with E-state index in [1.165, 1.54) is 26.4 Å². The lowest BCUT2D eigenvalue weighted by Gasteiger charge is -2.31. The molecule has 15 heteroatoms. The number of hydrogen-bond acceptors (Lipinski definition) is 11. The molecule has 5 rings (SSSR count). The monoisotopic (exact) mass is 714 g/mol. The number of sulfone groups is 1. The maximum absolute atomic E-state index is 14.5. The van der Waals surface area contributed by atoms with Crippen molar-refractivity contribution in [2.75, 3.05) is 33.2 Å². The highest BCUT2D eigenvalue weighted by Crippen LogP contribution is 2.46. The molecule has 0 fully saturated rings. The first kappa shape index (κ1) is 36.7. The lowest BCUT2D eigenvalue weighted by molar-refractivity contribution is -0.130. The minimum atomic E-state index is -3.89. The van der Waals surface area contributed by atoms with Crippen molar-refractivity contribution in [2.45, 2.75) is 35.9 Å². The van der Waals surface area contributed by atoms with Gasteiger partial charge >= 0.3 is 0 Å². The van der Waals surface area contributed by atoms with Crippen LogP contribution in [0.1, 0.15) is 35.6 Å². The molecule has 0 aliphatic carbocycles. The predicted octanol–water partition coefficient (Wildman–Crippen LogP) is 5.35. The minimum absolute atomic E-state index is 0.00578. The number of azide groups is 1.